The third-order valence-corrected chi connectivity index (χ3v) is 1.91. The van der Waals surface area contributed by atoms with Crippen molar-refractivity contribution < 1.29 is 14.7 Å². The molecule has 2 aromatic rings. The normalized spacial score (nSPS) is 10.5. The number of carbonyl (C=O) groups is 2. The van der Waals surface area contributed by atoms with Crippen molar-refractivity contribution in [3.8, 4) is 0 Å². The van der Waals surface area contributed by atoms with E-state index in [1.165, 1.54) is 6.33 Å². The smallest absolute Gasteiger partial charge is 0.372 e. The fraction of sp³-hybridized carbons (Fsp3) is 0.125. The Morgan fingerprint density at radius 2 is 2.19 bits per heavy atom. The van der Waals surface area contributed by atoms with E-state index >= 15 is 0 Å². The fourth-order valence-electron chi connectivity index (χ4n) is 1.20. The molecule has 8 heteroatoms. The van der Waals surface area contributed by atoms with Gasteiger partial charge < -0.3 is 15.1 Å². The van der Waals surface area contributed by atoms with E-state index in [0.717, 1.165) is 0 Å². The summed E-state index contributed by atoms with van der Waals surface area (Å²) in [7, 11) is 0. The number of nitrogens with zero attached hydrogens (tertiary/aromatic N) is 2. The summed E-state index contributed by atoms with van der Waals surface area (Å²) in [5.74, 6) is -2.63. The monoisotopic (exact) mass is 222 g/mol. The number of aromatic amines is 2. The number of Topliss-reactive ketones (excluding diaryl/α,β-unsaturated/α-hetero) is 1. The van der Waals surface area contributed by atoms with E-state index in [1.54, 1.807) is 0 Å². The lowest BCUT2D eigenvalue weighted by Crippen LogP contribution is -2.20. The SMILES string of the molecule is O=C(O)C(=O)Cc1nc2nc[nH]c2c(=O)[nH]1. The zero-order valence-corrected chi connectivity index (χ0v) is 7.85. The highest BCUT2D eigenvalue weighted by Gasteiger charge is 2.15. The maximum atomic E-state index is 11.4. The van der Waals surface area contributed by atoms with E-state index in [9.17, 15) is 14.4 Å². The quantitative estimate of drug-likeness (QED) is 0.562. The second-order valence-electron chi connectivity index (χ2n) is 3.02. The number of hydrogen-bond acceptors (Lipinski definition) is 5. The Balaban J connectivity index is 2.42. The molecule has 2 rings (SSSR count). The lowest BCUT2D eigenvalue weighted by molar-refractivity contribution is -0.148. The summed E-state index contributed by atoms with van der Waals surface area (Å²) in [6.45, 7) is 0. The number of ketones is 1. The molecule has 82 valence electrons. The van der Waals surface area contributed by atoms with Crippen LogP contribution in [-0.4, -0.2) is 36.8 Å². The topological polar surface area (TPSA) is 129 Å². The molecule has 0 saturated heterocycles. The van der Waals surface area contributed by atoms with E-state index in [-0.39, 0.29) is 17.0 Å². The summed E-state index contributed by atoms with van der Waals surface area (Å²) in [5, 5.41) is 8.39. The first-order chi connectivity index (χ1) is 7.58. The Morgan fingerprint density at radius 1 is 1.44 bits per heavy atom. The lowest BCUT2D eigenvalue weighted by Gasteiger charge is -1.96. The maximum absolute atomic E-state index is 11.4. The number of carboxylic acid groups (broad SMARTS) is 1. The summed E-state index contributed by atoms with van der Waals surface area (Å²) in [5.41, 5.74) is -0.154. The number of imidazole rings is 1. The van der Waals surface area contributed by atoms with Gasteiger partial charge in [0, 0.05) is 0 Å². The molecule has 0 aliphatic carbocycles. The van der Waals surface area contributed by atoms with Gasteiger partial charge in [-0.3, -0.25) is 9.59 Å². The van der Waals surface area contributed by atoms with Crippen LogP contribution in [0.25, 0.3) is 11.2 Å². The number of H-pyrrole nitrogens is 2. The van der Waals surface area contributed by atoms with Crippen molar-refractivity contribution in [2.24, 2.45) is 0 Å². The molecule has 0 atom stereocenters. The lowest BCUT2D eigenvalue weighted by atomic mass is 10.3. The van der Waals surface area contributed by atoms with Crippen molar-refractivity contribution in [1.29, 1.82) is 0 Å². The number of rotatable bonds is 3. The second-order valence-corrected chi connectivity index (χ2v) is 3.02. The minimum absolute atomic E-state index is 0.0167. The van der Waals surface area contributed by atoms with Crippen LogP contribution >= 0.6 is 0 Å². The van der Waals surface area contributed by atoms with Crippen LogP contribution in [0.4, 0.5) is 0 Å². The molecule has 8 nitrogen and oxygen atoms in total. The van der Waals surface area contributed by atoms with Crippen molar-refractivity contribution in [2.75, 3.05) is 0 Å². The molecule has 2 aromatic heterocycles. The van der Waals surface area contributed by atoms with Crippen molar-refractivity contribution >= 4 is 22.9 Å². The second kappa shape index (κ2) is 3.57. The minimum Gasteiger partial charge on any atom is -0.475 e. The van der Waals surface area contributed by atoms with Crippen LogP contribution in [0.15, 0.2) is 11.1 Å². The largest absolute Gasteiger partial charge is 0.475 e. The first-order valence-corrected chi connectivity index (χ1v) is 4.26. The van der Waals surface area contributed by atoms with Gasteiger partial charge in [-0.15, -0.1) is 0 Å². The van der Waals surface area contributed by atoms with Gasteiger partial charge in [0.05, 0.1) is 12.7 Å². The molecule has 0 spiro atoms. The number of nitrogens with one attached hydrogen (secondary N) is 2. The number of aromatic nitrogens is 4. The van der Waals surface area contributed by atoms with Gasteiger partial charge in [-0.25, -0.2) is 14.8 Å². The summed E-state index contributed by atoms with van der Waals surface area (Å²) in [4.78, 5) is 45.1. The first kappa shape index (κ1) is 10.0. The van der Waals surface area contributed by atoms with Gasteiger partial charge >= 0.3 is 5.97 Å². The Labute approximate surface area is 87.4 Å². The number of aliphatic carboxylic acids is 1. The van der Waals surface area contributed by atoms with Crippen LogP contribution < -0.4 is 5.56 Å². The molecule has 0 amide bonds. The van der Waals surface area contributed by atoms with Crippen molar-refractivity contribution in [2.45, 2.75) is 6.42 Å². The molecule has 0 fully saturated rings. The molecule has 2 heterocycles. The van der Waals surface area contributed by atoms with Crippen LogP contribution in [0, 0.1) is 0 Å². The predicted molar refractivity (Wildman–Crippen MR) is 50.9 cm³/mol. The van der Waals surface area contributed by atoms with Crippen molar-refractivity contribution in [1.82, 2.24) is 19.9 Å². The zero-order valence-electron chi connectivity index (χ0n) is 7.85. The summed E-state index contributed by atoms with van der Waals surface area (Å²) < 4.78 is 0. The van der Waals surface area contributed by atoms with E-state index in [1.807, 2.05) is 0 Å². The van der Waals surface area contributed by atoms with Gasteiger partial charge in [0.15, 0.2) is 11.2 Å². The zero-order chi connectivity index (χ0) is 11.7. The number of hydrogen-bond donors (Lipinski definition) is 3. The van der Waals surface area contributed by atoms with Crippen molar-refractivity contribution in [3.63, 3.8) is 0 Å². The number of fused-ring (bicyclic) bond motifs is 1. The molecular weight excluding hydrogens is 216 g/mol. The summed E-state index contributed by atoms with van der Waals surface area (Å²) >= 11 is 0. The van der Waals surface area contributed by atoms with Crippen LogP contribution in [0.1, 0.15) is 5.82 Å². The summed E-state index contributed by atoms with van der Waals surface area (Å²) in [6, 6.07) is 0. The Bertz CT molecular complexity index is 626. The third-order valence-electron chi connectivity index (χ3n) is 1.91. The molecule has 0 bridgehead atoms. The highest BCUT2D eigenvalue weighted by molar-refractivity contribution is 6.33. The minimum atomic E-state index is -1.57. The Hall–Kier alpha value is -2.51. The molecule has 0 saturated carbocycles. The van der Waals surface area contributed by atoms with Gasteiger partial charge in [-0.2, -0.15) is 0 Å². The third kappa shape index (κ3) is 1.67. The van der Waals surface area contributed by atoms with Gasteiger partial charge in [-0.05, 0) is 0 Å². The van der Waals surface area contributed by atoms with E-state index in [0.29, 0.717) is 0 Å². The highest BCUT2D eigenvalue weighted by atomic mass is 16.4. The summed E-state index contributed by atoms with van der Waals surface area (Å²) in [6.07, 6.45) is 0.822. The maximum Gasteiger partial charge on any atom is 0.372 e. The number of carboxylic acids is 1. The average Bonchev–Trinajstić information content (AvgIpc) is 2.65. The number of carbonyl (C=O) groups excluding carboxylic acids is 1. The first-order valence-electron chi connectivity index (χ1n) is 4.26. The van der Waals surface area contributed by atoms with Crippen LogP contribution in [0.5, 0.6) is 0 Å². The molecule has 0 unspecified atom stereocenters. The molecule has 16 heavy (non-hydrogen) atoms. The van der Waals surface area contributed by atoms with Crippen LogP contribution in [0.2, 0.25) is 0 Å². The van der Waals surface area contributed by atoms with E-state index in [4.69, 9.17) is 5.11 Å². The Kier molecular flexibility index (Phi) is 2.24. The van der Waals surface area contributed by atoms with Gasteiger partial charge in [0.2, 0.25) is 5.78 Å². The van der Waals surface area contributed by atoms with E-state index < -0.39 is 23.7 Å². The molecule has 0 aromatic carbocycles. The standard InChI is InChI=1S/C8H6N4O4/c13-3(8(15)16)1-4-11-6-5(7(14)12-4)9-2-10-6/h2H,1H2,(H,15,16)(H2,9,10,11,12,14). The fourth-order valence-corrected chi connectivity index (χ4v) is 1.20. The molecule has 0 radical (unpaired) electrons. The Morgan fingerprint density at radius 3 is 2.88 bits per heavy atom. The molecule has 0 aliphatic rings. The molecule has 3 N–H and O–H groups in total. The van der Waals surface area contributed by atoms with Gasteiger partial charge in [0.25, 0.3) is 5.56 Å². The van der Waals surface area contributed by atoms with E-state index in [2.05, 4.69) is 19.9 Å². The van der Waals surface area contributed by atoms with Crippen LogP contribution in [0.3, 0.4) is 0 Å². The van der Waals surface area contributed by atoms with Crippen molar-refractivity contribution in [3.05, 3.63) is 22.5 Å². The highest BCUT2D eigenvalue weighted by Crippen LogP contribution is 2.00. The average molecular weight is 222 g/mol. The van der Waals surface area contributed by atoms with Gasteiger partial charge in [-0.1, -0.05) is 0 Å². The van der Waals surface area contributed by atoms with Crippen LogP contribution in [-0.2, 0) is 16.0 Å². The molecule has 0 aliphatic heterocycles. The predicted octanol–water partition coefficient (Wildman–Crippen LogP) is -1.16. The molecular formula is C8H6N4O4. The van der Waals surface area contributed by atoms with Gasteiger partial charge in [0.1, 0.15) is 5.82 Å².